The molecule has 1 saturated heterocycles. The monoisotopic (exact) mass is 129 g/mol. The van der Waals surface area contributed by atoms with Crippen LogP contribution < -0.4 is 5.32 Å². The van der Waals surface area contributed by atoms with Gasteiger partial charge in [0.2, 0.25) is 0 Å². The molecular formula is C8H19N. The minimum atomic E-state index is 1.25. The first kappa shape index (κ1) is 8.96. The molecule has 1 heterocycles. The second-order valence-electron chi connectivity index (χ2n) is 2.16. The molecule has 1 heteroatoms. The smallest absolute Gasteiger partial charge is 0.00489 e. The Morgan fingerprint density at radius 2 is 1.22 bits per heavy atom. The van der Waals surface area contributed by atoms with Gasteiger partial charge in [-0.2, -0.15) is 0 Å². The highest BCUT2D eigenvalue weighted by atomic mass is 14.8. The Morgan fingerprint density at radius 1 is 0.778 bits per heavy atom. The van der Waals surface area contributed by atoms with Gasteiger partial charge in [-0.1, -0.05) is 26.7 Å². The molecule has 0 aliphatic carbocycles. The predicted octanol–water partition coefficient (Wildman–Crippen LogP) is 2.18. The minimum absolute atomic E-state index is 1.25. The zero-order valence-electron chi connectivity index (χ0n) is 6.74. The molecule has 9 heavy (non-hydrogen) atoms. The minimum Gasteiger partial charge on any atom is -0.317 e. The lowest BCUT2D eigenvalue weighted by Gasteiger charge is -1.91. The zero-order valence-corrected chi connectivity index (χ0v) is 6.74. The summed E-state index contributed by atoms with van der Waals surface area (Å²) in [4.78, 5) is 0. The molecule has 0 bridgehead atoms. The topological polar surface area (TPSA) is 12.0 Å². The van der Waals surface area contributed by atoms with E-state index in [1.54, 1.807) is 0 Å². The Bertz CT molecular complexity index is 24.2. The first-order valence-corrected chi connectivity index (χ1v) is 4.21. The maximum absolute atomic E-state index is 3.35. The fraction of sp³-hybridized carbons (Fsp3) is 1.00. The Balaban J connectivity index is 0.000000291. The van der Waals surface area contributed by atoms with E-state index in [1.807, 2.05) is 13.8 Å². The van der Waals surface area contributed by atoms with Gasteiger partial charge in [0.15, 0.2) is 0 Å². The lowest BCUT2D eigenvalue weighted by molar-refractivity contribution is 0.702. The van der Waals surface area contributed by atoms with Crippen LogP contribution in [0, 0.1) is 0 Å². The largest absolute Gasteiger partial charge is 0.317 e. The Kier molecular flexibility index (Phi) is 7.92. The predicted molar refractivity (Wildman–Crippen MR) is 42.7 cm³/mol. The van der Waals surface area contributed by atoms with E-state index in [0.29, 0.717) is 0 Å². The van der Waals surface area contributed by atoms with Crippen molar-refractivity contribution in [2.24, 2.45) is 0 Å². The third-order valence-corrected chi connectivity index (χ3v) is 1.46. The molecule has 0 atom stereocenters. The van der Waals surface area contributed by atoms with Gasteiger partial charge in [0.25, 0.3) is 0 Å². The summed E-state index contributed by atoms with van der Waals surface area (Å²) in [6.07, 6.45) is 5.65. The highest BCUT2D eigenvalue weighted by Crippen LogP contribution is 2.00. The average molecular weight is 129 g/mol. The van der Waals surface area contributed by atoms with E-state index < -0.39 is 0 Å². The van der Waals surface area contributed by atoms with E-state index >= 15 is 0 Å². The van der Waals surface area contributed by atoms with E-state index in [-0.39, 0.29) is 0 Å². The van der Waals surface area contributed by atoms with Gasteiger partial charge in [-0.15, -0.1) is 0 Å². The van der Waals surface area contributed by atoms with Crippen molar-refractivity contribution in [2.45, 2.75) is 39.5 Å². The van der Waals surface area contributed by atoms with Crippen molar-refractivity contribution in [1.29, 1.82) is 0 Å². The molecule has 1 nitrogen and oxygen atoms in total. The molecule has 0 amide bonds. The molecule has 1 aliphatic rings. The summed E-state index contributed by atoms with van der Waals surface area (Å²) < 4.78 is 0. The summed E-state index contributed by atoms with van der Waals surface area (Å²) in [6, 6.07) is 0. The van der Waals surface area contributed by atoms with Crippen molar-refractivity contribution in [2.75, 3.05) is 13.1 Å². The van der Waals surface area contributed by atoms with Crippen molar-refractivity contribution < 1.29 is 0 Å². The lowest BCUT2D eigenvalue weighted by atomic mass is 10.2. The van der Waals surface area contributed by atoms with Crippen LogP contribution in [-0.4, -0.2) is 13.1 Å². The van der Waals surface area contributed by atoms with E-state index in [2.05, 4.69) is 5.32 Å². The fourth-order valence-electron chi connectivity index (χ4n) is 0.979. The van der Waals surface area contributed by atoms with Crippen LogP contribution in [0.1, 0.15) is 39.5 Å². The molecule has 0 aromatic heterocycles. The maximum atomic E-state index is 3.35. The Labute approximate surface area is 58.8 Å². The van der Waals surface area contributed by atoms with Crippen LogP contribution in [0.3, 0.4) is 0 Å². The second kappa shape index (κ2) is 7.96. The molecule has 56 valence electrons. The third kappa shape index (κ3) is 5.84. The van der Waals surface area contributed by atoms with E-state index in [0.717, 1.165) is 0 Å². The van der Waals surface area contributed by atoms with Gasteiger partial charge in [-0.25, -0.2) is 0 Å². The number of hydrogen-bond donors (Lipinski definition) is 1. The van der Waals surface area contributed by atoms with Crippen molar-refractivity contribution in [1.82, 2.24) is 5.32 Å². The molecule has 1 fully saturated rings. The Hall–Kier alpha value is -0.0400. The zero-order chi connectivity index (χ0) is 6.95. The summed E-state index contributed by atoms with van der Waals surface area (Å²) in [5, 5.41) is 3.35. The summed E-state index contributed by atoms with van der Waals surface area (Å²) in [7, 11) is 0. The second-order valence-corrected chi connectivity index (χ2v) is 2.16. The van der Waals surface area contributed by atoms with Crippen molar-refractivity contribution in [3.63, 3.8) is 0 Å². The highest BCUT2D eigenvalue weighted by Gasteiger charge is 1.94. The summed E-state index contributed by atoms with van der Waals surface area (Å²) >= 11 is 0. The SMILES string of the molecule is C1CCCNCC1.CC. The van der Waals surface area contributed by atoms with Crippen LogP contribution in [-0.2, 0) is 0 Å². The molecular weight excluding hydrogens is 110 g/mol. The molecule has 0 aromatic carbocycles. The molecule has 0 aromatic rings. The van der Waals surface area contributed by atoms with Crippen molar-refractivity contribution in [3.05, 3.63) is 0 Å². The van der Waals surface area contributed by atoms with Gasteiger partial charge < -0.3 is 5.32 Å². The van der Waals surface area contributed by atoms with Gasteiger partial charge in [-0.3, -0.25) is 0 Å². The quantitative estimate of drug-likeness (QED) is 0.528. The van der Waals surface area contributed by atoms with Gasteiger partial charge in [0, 0.05) is 0 Å². The van der Waals surface area contributed by atoms with Crippen LogP contribution in [0.5, 0.6) is 0 Å². The normalized spacial score (nSPS) is 19.3. The number of nitrogens with one attached hydrogen (secondary N) is 1. The van der Waals surface area contributed by atoms with Crippen molar-refractivity contribution in [3.8, 4) is 0 Å². The maximum Gasteiger partial charge on any atom is -0.00489 e. The van der Waals surface area contributed by atoms with Crippen LogP contribution in [0.2, 0.25) is 0 Å². The molecule has 1 rings (SSSR count). The first-order chi connectivity index (χ1) is 4.50. The average Bonchev–Trinajstić information content (AvgIpc) is 2.21. The fourth-order valence-corrected chi connectivity index (χ4v) is 0.979. The van der Waals surface area contributed by atoms with Crippen LogP contribution in [0.15, 0.2) is 0 Å². The first-order valence-electron chi connectivity index (χ1n) is 4.21. The molecule has 1 N–H and O–H groups in total. The van der Waals surface area contributed by atoms with E-state index in [9.17, 15) is 0 Å². The molecule has 0 spiro atoms. The van der Waals surface area contributed by atoms with Gasteiger partial charge in [0.1, 0.15) is 0 Å². The van der Waals surface area contributed by atoms with Crippen LogP contribution in [0.25, 0.3) is 0 Å². The standard InChI is InChI=1S/C6H13N.C2H6/c1-2-4-6-7-5-3-1;1-2/h7H,1-6H2;1-2H3. The van der Waals surface area contributed by atoms with Crippen LogP contribution >= 0.6 is 0 Å². The molecule has 0 saturated carbocycles. The summed E-state index contributed by atoms with van der Waals surface area (Å²) in [5.41, 5.74) is 0. The molecule has 0 unspecified atom stereocenters. The summed E-state index contributed by atoms with van der Waals surface area (Å²) in [6.45, 7) is 6.50. The van der Waals surface area contributed by atoms with E-state index in [1.165, 1.54) is 38.8 Å². The van der Waals surface area contributed by atoms with E-state index in [4.69, 9.17) is 0 Å². The summed E-state index contributed by atoms with van der Waals surface area (Å²) in [5.74, 6) is 0. The van der Waals surface area contributed by atoms with Crippen LogP contribution in [0.4, 0.5) is 0 Å². The number of hydrogen-bond acceptors (Lipinski definition) is 1. The molecule has 1 aliphatic heterocycles. The number of rotatable bonds is 0. The van der Waals surface area contributed by atoms with Gasteiger partial charge in [0.05, 0.1) is 0 Å². The Morgan fingerprint density at radius 3 is 1.67 bits per heavy atom. The van der Waals surface area contributed by atoms with Crippen molar-refractivity contribution >= 4 is 0 Å². The third-order valence-electron chi connectivity index (χ3n) is 1.46. The van der Waals surface area contributed by atoms with Gasteiger partial charge in [-0.05, 0) is 25.9 Å². The lowest BCUT2D eigenvalue weighted by Crippen LogP contribution is -2.12. The molecule has 0 radical (unpaired) electrons. The highest BCUT2D eigenvalue weighted by molar-refractivity contribution is 4.54. The van der Waals surface area contributed by atoms with Gasteiger partial charge >= 0.3 is 0 Å².